The zero-order valence-corrected chi connectivity index (χ0v) is 9.25. The van der Waals surface area contributed by atoms with Crippen LogP contribution in [0, 0.1) is 0 Å². The van der Waals surface area contributed by atoms with Gasteiger partial charge in [0, 0.05) is 20.1 Å². The SMILES string of the molecule is COCCCC(=O)Nc1cccc(Cl)n1. The first-order valence-corrected chi connectivity index (χ1v) is 5.01. The molecule has 1 amide bonds. The van der Waals surface area contributed by atoms with Crippen LogP contribution in [0.3, 0.4) is 0 Å². The van der Waals surface area contributed by atoms with E-state index in [9.17, 15) is 4.79 Å². The Labute approximate surface area is 93.6 Å². The molecule has 0 aromatic carbocycles. The van der Waals surface area contributed by atoms with Gasteiger partial charge >= 0.3 is 0 Å². The molecule has 1 N–H and O–H groups in total. The van der Waals surface area contributed by atoms with E-state index in [4.69, 9.17) is 16.3 Å². The maximum atomic E-state index is 11.3. The summed E-state index contributed by atoms with van der Waals surface area (Å²) in [5.41, 5.74) is 0. The quantitative estimate of drug-likeness (QED) is 0.620. The molecule has 4 nitrogen and oxygen atoms in total. The van der Waals surface area contributed by atoms with E-state index in [-0.39, 0.29) is 5.91 Å². The molecule has 15 heavy (non-hydrogen) atoms. The summed E-state index contributed by atoms with van der Waals surface area (Å²) in [6.45, 7) is 0.580. The Kier molecular flexibility index (Phi) is 5.07. The number of amides is 1. The van der Waals surface area contributed by atoms with Crippen molar-refractivity contribution in [3.63, 3.8) is 0 Å². The number of anilines is 1. The molecule has 0 aliphatic heterocycles. The lowest BCUT2D eigenvalue weighted by molar-refractivity contribution is -0.116. The van der Waals surface area contributed by atoms with Crippen LogP contribution >= 0.6 is 11.6 Å². The summed E-state index contributed by atoms with van der Waals surface area (Å²) in [5.74, 6) is 0.395. The zero-order chi connectivity index (χ0) is 11.1. The summed E-state index contributed by atoms with van der Waals surface area (Å²) >= 11 is 5.67. The van der Waals surface area contributed by atoms with Crippen molar-refractivity contribution in [3.05, 3.63) is 23.4 Å². The highest BCUT2D eigenvalue weighted by atomic mass is 35.5. The number of ether oxygens (including phenoxy) is 1. The number of hydrogen-bond donors (Lipinski definition) is 1. The second-order valence-corrected chi connectivity index (χ2v) is 3.38. The van der Waals surface area contributed by atoms with Crippen LogP contribution < -0.4 is 5.32 Å². The van der Waals surface area contributed by atoms with Crippen LogP contribution in [0.1, 0.15) is 12.8 Å². The van der Waals surface area contributed by atoms with Gasteiger partial charge in [-0.25, -0.2) is 4.98 Å². The fraction of sp³-hybridized carbons (Fsp3) is 0.400. The maximum Gasteiger partial charge on any atom is 0.225 e. The van der Waals surface area contributed by atoms with Crippen molar-refractivity contribution in [2.75, 3.05) is 19.0 Å². The molecule has 82 valence electrons. The molecule has 1 aromatic heterocycles. The van der Waals surface area contributed by atoms with E-state index in [1.807, 2.05) is 0 Å². The first-order chi connectivity index (χ1) is 7.22. The first kappa shape index (κ1) is 11.9. The van der Waals surface area contributed by atoms with Gasteiger partial charge in [-0.1, -0.05) is 17.7 Å². The van der Waals surface area contributed by atoms with Crippen LogP contribution in [0.5, 0.6) is 0 Å². The number of nitrogens with one attached hydrogen (secondary N) is 1. The smallest absolute Gasteiger partial charge is 0.225 e. The summed E-state index contributed by atoms with van der Waals surface area (Å²) in [7, 11) is 1.61. The number of pyridine rings is 1. The van der Waals surface area contributed by atoms with Gasteiger partial charge in [0.1, 0.15) is 11.0 Å². The van der Waals surface area contributed by atoms with Crippen molar-refractivity contribution in [2.24, 2.45) is 0 Å². The number of carbonyl (C=O) groups excluding carboxylic acids is 1. The molecule has 0 atom stereocenters. The lowest BCUT2D eigenvalue weighted by atomic mass is 10.3. The van der Waals surface area contributed by atoms with E-state index < -0.39 is 0 Å². The summed E-state index contributed by atoms with van der Waals surface area (Å²) < 4.78 is 4.84. The van der Waals surface area contributed by atoms with Crippen LogP contribution in [0.15, 0.2) is 18.2 Å². The van der Waals surface area contributed by atoms with E-state index in [2.05, 4.69) is 10.3 Å². The van der Waals surface area contributed by atoms with Gasteiger partial charge in [-0.15, -0.1) is 0 Å². The van der Waals surface area contributed by atoms with Gasteiger partial charge in [0.15, 0.2) is 0 Å². The van der Waals surface area contributed by atoms with Crippen LogP contribution in [-0.2, 0) is 9.53 Å². The average molecular weight is 229 g/mol. The third-order valence-electron chi connectivity index (χ3n) is 1.73. The Balaban J connectivity index is 2.37. The highest BCUT2D eigenvalue weighted by molar-refractivity contribution is 6.29. The normalized spacial score (nSPS) is 10.0. The fourth-order valence-electron chi connectivity index (χ4n) is 1.06. The summed E-state index contributed by atoms with van der Waals surface area (Å²) in [6.07, 6.45) is 1.12. The summed E-state index contributed by atoms with van der Waals surface area (Å²) in [5, 5.41) is 3.02. The summed E-state index contributed by atoms with van der Waals surface area (Å²) in [6, 6.07) is 5.09. The van der Waals surface area contributed by atoms with Gasteiger partial charge in [-0.05, 0) is 18.6 Å². The third-order valence-corrected chi connectivity index (χ3v) is 1.95. The summed E-state index contributed by atoms with van der Waals surface area (Å²) in [4.78, 5) is 15.3. The van der Waals surface area contributed by atoms with Crippen molar-refractivity contribution >= 4 is 23.3 Å². The molecule has 1 heterocycles. The number of nitrogens with zero attached hydrogens (tertiary/aromatic N) is 1. The highest BCUT2D eigenvalue weighted by Gasteiger charge is 2.02. The highest BCUT2D eigenvalue weighted by Crippen LogP contribution is 2.09. The zero-order valence-electron chi connectivity index (χ0n) is 8.50. The van der Waals surface area contributed by atoms with Gasteiger partial charge < -0.3 is 10.1 Å². The van der Waals surface area contributed by atoms with E-state index >= 15 is 0 Å². The average Bonchev–Trinajstić information content (AvgIpc) is 2.18. The molecule has 0 saturated carbocycles. The van der Waals surface area contributed by atoms with Gasteiger partial charge in [0.25, 0.3) is 0 Å². The minimum atomic E-state index is -0.0817. The first-order valence-electron chi connectivity index (χ1n) is 4.63. The van der Waals surface area contributed by atoms with E-state index in [0.717, 1.165) is 0 Å². The second kappa shape index (κ2) is 6.37. The minimum Gasteiger partial charge on any atom is -0.385 e. The molecule has 0 aliphatic carbocycles. The molecule has 0 radical (unpaired) electrons. The maximum absolute atomic E-state index is 11.3. The Morgan fingerprint density at radius 1 is 1.60 bits per heavy atom. The molecule has 0 spiro atoms. The lowest BCUT2D eigenvalue weighted by Gasteiger charge is -2.03. The van der Waals surface area contributed by atoms with Gasteiger partial charge in [0.05, 0.1) is 0 Å². The predicted octanol–water partition coefficient (Wildman–Crippen LogP) is 2.10. The van der Waals surface area contributed by atoms with Crippen molar-refractivity contribution in [2.45, 2.75) is 12.8 Å². The molecule has 5 heteroatoms. The third kappa shape index (κ3) is 4.76. The van der Waals surface area contributed by atoms with E-state index in [1.54, 1.807) is 25.3 Å². The van der Waals surface area contributed by atoms with E-state index in [1.165, 1.54) is 0 Å². The second-order valence-electron chi connectivity index (χ2n) is 2.99. The number of methoxy groups -OCH3 is 1. The fourth-order valence-corrected chi connectivity index (χ4v) is 1.22. The lowest BCUT2D eigenvalue weighted by Crippen LogP contribution is -2.12. The number of carbonyl (C=O) groups is 1. The molecular formula is C10H13ClN2O2. The molecular weight excluding hydrogens is 216 g/mol. The monoisotopic (exact) mass is 228 g/mol. The number of aromatic nitrogens is 1. The Morgan fingerprint density at radius 2 is 2.40 bits per heavy atom. The van der Waals surface area contributed by atoms with Crippen LogP contribution in [-0.4, -0.2) is 24.6 Å². The Bertz CT molecular complexity index is 331. The number of rotatable bonds is 5. The van der Waals surface area contributed by atoms with Gasteiger partial charge in [-0.3, -0.25) is 4.79 Å². The molecule has 0 aliphatic rings. The minimum absolute atomic E-state index is 0.0817. The molecule has 0 fully saturated rings. The molecule has 1 rings (SSSR count). The largest absolute Gasteiger partial charge is 0.385 e. The number of halogens is 1. The number of hydrogen-bond acceptors (Lipinski definition) is 3. The Morgan fingerprint density at radius 3 is 3.07 bits per heavy atom. The predicted molar refractivity (Wildman–Crippen MR) is 59.0 cm³/mol. The topological polar surface area (TPSA) is 51.2 Å². The van der Waals surface area contributed by atoms with Gasteiger partial charge in [0.2, 0.25) is 5.91 Å². The van der Waals surface area contributed by atoms with E-state index in [0.29, 0.717) is 30.4 Å². The molecule has 1 aromatic rings. The molecule has 0 saturated heterocycles. The van der Waals surface area contributed by atoms with Crippen molar-refractivity contribution < 1.29 is 9.53 Å². The van der Waals surface area contributed by atoms with Crippen molar-refractivity contribution in [1.29, 1.82) is 0 Å². The molecule has 0 bridgehead atoms. The van der Waals surface area contributed by atoms with Crippen molar-refractivity contribution in [1.82, 2.24) is 4.98 Å². The van der Waals surface area contributed by atoms with Crippen molar-refractivity contribution in [3.8, 4) is 0 Å². The van der Waals surface area contributed by atoms with Crippen LogP contribution in [0.2, 0.25) is 5.15 Å². The molecule has 0 unspecified atom stereocenters. The van der Waals surface area contributed by atoms with Crippen LogP contribution in [0.4, 0.5) is 5.82 Å². The standard InChI is InChI=1S/C10H13ClN2O2/c1-15-7-3-6-10(14)13-9-5-2-4-8(11)12-9/h2,4-5H,3,6-7H2,1H3,(H,12,13,14). The Hall–Kier alpha value is -1.13. The van der Waals surface area contributed by atoms with Crippen LogP contribution in [0.25, 0.3) is 0 Å². The van der Waals surface area contributed by atoms with Gasteiger partial charge in [-0.2, -0.15) is 0 Å².